The van der Waals surface area contributed by atoms with Crippen LogP contribution in [0.2, 0.25) is 0 Å². The Morgan fingerprint density at radius 2 is 2.50 bits per heavy atom. The van der Waals surface area contributed by atoms with Crippen molar-refractivity contribution in [3.63, 3.8) is 0 Å². The summed E-state index contributed by atoms with van der Waals surface area (Å²) in [4.78, 5) is 10.8. The van der Waals surface area contributed by atoms with E-state index in [4.69, 9.17) is 0 Å². The van der Waals surface area contributed by atoms with Gasteiger partial charge in [0.05, 0.1) is 0 Å². The maximum Gasteiger partial charge on any atom is 0.220 e. The second-order valence-corrected chi connectivity index (χ2v) is 3.39. The van der Waals surface area contributed by atoms with Crippen molar-refractivity contribution in [1.82, 2.24) is 5.32 Å². The Morgan fingerprint density at radius 3 is 3.00 bits per heavy atom. The van der Waals surface area contributed by atoms with Crippen LogP contribution in [0.5, 0.6) is 0 Å². The van der Waals surface area contributed by atoms with Gasteiger partial charge >= 0.3 is 0 Å². The van der Waals surface area contributed by atoms with Crippen molar-refractivity contribution >= 4 is 5.91 Å². The minimum Gasteiger partial charge on any atom is -0.353 e. The predicted octanol–water partition coefficient (Wildman–Crippen LogP) is 1.78. The van der Waals surface area contributed by atoms with Gasteiger partial charge in [-0.15, -0.1) is 5.73 Å². The molecule has 1 heterocycles. The second-order valence-electron chi connectivity index (χ2n) is 3.39. The van der Waals surface area contributed by atoms with Gasteiger partial charge in [-0.3, -0.25) is 4.79 Å². The van der Waals surface area contributed by atoms with Crippen LogP contribution in [0.15, 0.2) is 17.4 Å². The molecule has 1 N–H and O–H groups in total. The van der Waals surface area contributed by atoms with E-state index in [1.54, 1.807) is 0 Å². The van der Waals surface area contributed by atoms with Gasteiger partial charge in [-0.2, -0.15) is 0 Å². The third-order valence-corrected chi connectivity index (χ3v) is 1.88. The van der Waals surface area contributed by atoms with Crippen LogP contribution in [-0.4, -0.2) is 11.9 Å². The molecule has 2 nitrogen and oxygen atoms in total. The van der Waals surface area contributed by atoms with E-state index < -0.39 is 0 Å². The second kappa shape index (κ2) is 4.13. The number of carbonyl (C=O) groups is 1. The molecule has 0 aromatic rings. The Labute approximate surface area is 73.4 Å². The first-order chi connectivity index (χ1) is 5.68. The summed E-state index contributed by atoms with van der Waals surface area (Å²) >= 11 is 0. The lowest BCUT2D eigenvalue weighted by atomic mass is 10.1. The van der Waals surface area contributed by atoms with Gasteiger partial charge in [-0.25, -0.2) is 0 Å². The maximum absolute atomic E-state index is 10.8. The molecule has 1 atom stereocenters. The van der Waals surface area contributed by atoms with Crippen molar-refractivity contribution in [3.05, 3.63) is 17.4 Å². The molecule has 12 heavy (non-hydrogen) atoms. The molecular formula is C10H15NO. The molecule has 0 aromatic heterocycles. The first-order valence-corrected chi connectivity index (χ1v) is 4.36. The number of nitrogens with one attached hydrogen (secondary N) is 1. The van der Waals surface area contributed by atoms with Crippen LogP contribution in [0, 0.1) is 0 Å². The van der Waals surface area contributed by atoms with Crippen molar-refractivity contribution in [2.24, 2.45) is 0 Å². The smallest absolute Gasteiger partial charge is 0.220 e. The molecule has 1 saturated heterocycles. The van der Waals surface area contributed by atoms with Gasteiger partial charge in [0, 0.05) is 12.5 Å². The number of amides is 1. The van der Waals surface area contributed by atoms with Crippen molar-refractivity contribution in [3.8, 4) is 0 Å². The highest BCUT2D eigenvalue weighted by Crippen LogP contribution is 2.09. The molecular weight excluding hydrogens is 150 g/mol. The number of carbonyl (C=O) groups excluding carboxylic acids is 1. The van der Waals surface area contributed by atoms with Crippen molar-refractivity contribution in [1.29, 1.82) is 0 Å². The van der Waals surface area contributed by atoms with Crippen LogP contribution in [0.25, 0.3) is 0 Å². The molecule has 1 rings (SSSR count). The average molecular weight is 165 g/mol. The highest BCUT2D eigenvalue weighted by atomic mass is 16.1. The molecule has 0 unspecified atom stereocenters. The monoisotopic (exact) mass is 165 g/mol. The molecule has 0 aromatic carbocycles. The van der Waals surface area contributed by atoms with Crippen LogP contribution in [0.1, 0.15) is 33.1 Å². The zero-order valence-corrected chi connectivity index (χ0v) is 7.68. The largest absolute Gasteiger partial charge is 0.353 e. The molecule has 2 heteroatoms. The maximum atomic E-state index is 10.8. The van der Waals surface area contributed by atoms with Gasteiger partial charge in [0.1, 0.15) is 0 Å². The highest BCUT2D eigenvalue weighted by molar-refractivity contribution is 5.78. The Morgan fingerprint density at radius 1 is 1.75 bits per heavy atom. The third kappa shape index (κ3) is 2.93. The summed E-state index contributed by atoms with van der Waals surface area (Å²) in [6, 6.07) is 0.351. The van der Waals surface area contributed by atoms with Gasteiger partial charge in [0.15, 0.2) is 0 Å². The first kappa shape index (κ1) is 9.08. The molecule has 1 aliphatic heterocycles. The van der Waals surface area contributed by atoms with Gasteiger partial charge < -0.3 is 5.32 Å². The Balaban J connectivity index is 2.34. The van der Waals surface area contributed by atoms with Crippen LogP contribution in [0.3, 0.4) is 0 Å². The fourth-order valence-corrected chi connectivity index (χ4v) is 1.26. The minimum absolute atomic E-state index is 0.186. The van der Waals surface area contributed by atoms with E-state index in [1.165, 1.54) is 5.57 Å². The lowest BCUT2D eigenvalue weighted by molar-refractivity contribution is -0.119. The van der Waals surface area contributed by atoms with E-state index in [0.29, 0.717) is 12.5 Å². The molecule has 0 radical (unpaired) electrons. The van der Waals surface area contributed by atoms with Crippen LogP contribution in [0.4, 0.5) is 0 Å². The highest BCUT2D eigenvalue weighted by Gasteiger charge is 2.18. The van der Waals surface area contributed by atoms with Crippen molar-refractivity contribution < 1.29 is 4.79 Å². The predicted molar refractivity (Wildman–Crippen MR) is 48.7 cm³/mol. The van der Waals surface area contributed by atoms with Gasteiger partial charge in [-0.05, 0) is 38.3 Å². The van der Waals surface area contributed by atoms with Crippen LogP contribution >= 0.6 is 0 Å². The van der Waals surface area contributed by atoms with Crippen molar-refractivity contribution in [2.45, 2.75) is 39.2 Å². The topological polar surface area (TPSA) is 29.1 Å². The lowest BCUT2D eigenvalue weighted by Gasteiger charge is -2.03. The molecule has 0 saturated carbocycles. The zero-order valence-electron chi connectivity index (χ0n) is 7.68. The summed E-state index contributed by atoms with van der Waals surface area (Å²) in [5, 5.41) is 2.91. The van der Waals surface area contributed by atoms with E-state index in [2.05, 4.69) is 11.0 Å². The third-order valence-electron chi connectivity index (χ3n) is 1.88. The molecule has 0 spiro atoms. The fraction of sp³-hybridized carbons (Fsp3) is 0.600. The van der Waals surface area contributed by atoms with E-state index in [-0.39, 0.29) is 5.91 Å². The van der Waals surface area contributed by atoms with Crippen molar-refractivity contribution in [2.75, 3.05) is 0 Å². The number of rotatable bonds is 2. The van der Waals surface area contributed by atoms with Crippen LogP contribution < -0.4 is 5.32 Å². The Kier molecular flexibility index (Phi) is 3.12. The van der Waals surface area contributed by atoms with Gasteiger partial charge in [0.25, 0.3) is 0 Å². The quantitative estimate of drug-likeness (QED) is 0.621. The molecule has 1 amide bonds. The minimum atomic E-state index is 0.186. The molecule has 1 fully saturated rings. The molecule has 66 valence electrons. The number of hydrogen-bond acceptors (Lipinski definition) is 1. The zero-order chi connectivity index (χ0) is 8.97. The standard InChI is InChI=1S/C10H15NO/c1-8(2)4-3-5-9-6-7-10(12)11-9/h3,9H,5-7H2,1-2H3,(H,11,12)/t9-/m1/s1. The molecule has 0 bridgehead atoms. The van der Waals surface area contributed by atoms with Gasteiger partial charge in [-0.1, -0.05) is 0 Å². The molecule has 0 aliphatic carbocycles. The van der Waals surface area contributed by atoms with E-state index in [9.17, 15) is 4.79 Å². The summed E-state index contributed by atoms with van der Waals surface area (Å²) in [6.07, 6.45) is 4.58. The average Bonchev–Trinajstić information content (AvgIpc) is 2.35. The summed E-state index contributed by atoms with van der Waals surface area (Å²) in [7, 11) is 0. The first-order valence-electron chi connectivity index (χ1n) is 4.36. The Bertz CT molecular complexity index is 232. The van der Waals surface area contributed by atoms with Crippen LogP contribution in [-0.2, 0) is 4.79 Å². The fourth-order valence-electron chi connectivity index (χ4n) is 1.26. The van der Waals surface area contributed by atoms with E-state index in [0.717, 1.165) is 12.8 Å². The normalized spacial score (nSPS) is 21.5. The van der Waals surface area contributed by atoms with Gasteiger partial charge in [0.2, 0.25) is 5.91 Å². The van der Waals surface area contributed by atoms with E-state index in [1.807, 2.05) is 19.9 Å². The summed E-state index contributed by atoms with van der Waals surface area (Å²) in [6.45, 7) is 4.04. The summed E-state index contributed by atoms with van der Waals surface area (Å²) < 4.78 is 0. The van der Waals surface area contributed by atoms with E-state index >= 15 is 0 Å². The lowest BCUT2D eigenvalue weighted by Crippen LogP contribution is -2.24. The Hall–Kier alpha value is -1.01. The summed E-state index contributed by atoms with van der Waals surface area (Å²) in [5.74, 6) is 0.186. The number of hydrogen-bond donors (Lipinski definition) is 1. The summed E-state index contributed by atoms with van der Waals surface area (Å²) in [5.41, 5.74) is 4.31. The SMILES string of the molecule is CC(C)=C=CC[C@@H]1CCC(=O)N1. The molecule has 1 aliphatic rings.